The molecule has 3 heterocycles. The van der Waals surface area contributed by atoms with E-state index in [2.05, 4.69) is 9.97 Å². The van der Waals surface area contributed by atoms with Crippen LogP contribution in [0.1, 0.15) is 43.3 Å². The quantitative estimate of drug-likeness (QED) is 0.664. The Morgan fingerprint density at radius 1 is 1.29 bits per heavy atom. The molecule has 0 radical (unpaired) electrons. The first-order chi connectivity index (χ1) is 10.3. The highest BCUT2D eigenvalue weighted by atomic mass is 32.1. The second-order valence-electron chi connectivity index (χ2n) is 4.44. The molecular formula is C17H20N2OS. The molecule has 1 N–H and O–H groups in total. The number of carbonyl (C=O) groups is 1. The third-order valence-corrected chi connectivity index (χ3v) is 4.23. The zero-order valence-electron chi connectivity index (χ0n) is 12.6. The molecule has 4 heteroatoms. The minimum absolute atomic E-state index is 0.233. The average Bonchev–Trinajstić information content (AvgIpc) is 3.16. The van der Waals surface area contributed by atoms with Gasteiger partial charge in [0, 0.05) is 34.6 Å². The molecule has 0 saturated heterocycles. The number of hydrogen-bond donors (Lipinski definition) is 1. The van der Waals surface area contributed by atoms with E-state index in [4.69, 9.17) is 0 Å². The van der Waals surface area contributed by atoms with Gasteiger partial charge < -0.3 is 4.98 Å². The minimum Gasteiger partial charge on any atom is -0.345 e. The molecule has 0 fully saturated rings. The molecule has 110 valence electrons. The Hall–Kier alpha value is -1.94. The lowest BCUT2D eigenvalue weighted by Crippen LogP contribution is -1.93. The summed E-state index contributed by atoms with van der Waals surface area (Å²) in [5.74, 6) is 0.233. The third-order valence-electron chi connectivity index (χ3n) is 3.07. The van der Waals surface area contributed by atoms with Crippen molar-refractivity contribution in [1.29, 1.82) is 0 Å². The van der Waals surface area contributed by atoms with Crippen LogP contribution in [0, 0.1) is 0 Å². The molecule has 0 spiro atoms. The summed E-state index contributed by atoms with van der Waals surface area (Å²) < 4.78 is 0. The van der Waals surface area contributed by atoms with Crippen LogP contribution in [0.2, 0.25) is 0 Å². The van der Waals surface area contributed by atoms with Crippen LogP contribution in [0.15, 0.2) is 36.7 Å². The molecule has 3 rings (SSSR count). The second-order valence-corrected chi connectivity index (χ2v) is 5.52. The fourth-order valence-electron chi connectivity index (χ4n) is 2.14. The molecule has 0 unspecified atom stereocenters. The lowest BCUT2D eigenvalue weighted by molar-refractivity contribution is 0.0985. The Labute approximate surface area is 129 Å². The lowest BCUT2D eigenvalue weighted by Gasteiger charge is -1.94. The zero-order valence-corrected chi connectivity index (χ0v) is 13.5. The minimum atomic E-state index is 0.233. The van der Waals surface area contributed by atoms with Crippen LogP contribution in [0.25, 0.3) is 21.5 Å². The van der Waals surface area contributed by atoms with Crippen LogP contribution < -0.4 is 0 Å². The van der Waals surface area contributed by atoms with Crippen molar-refractivity contribution in [2.45, 2.75) is 33.6 Å². The van der Waals surface area contributed by atoms with Crippen LogP contribution in [0.4, 0.5) is 0 Å². The van der Waals surface area contributed by atoms with Crippen LogP contribution >= 0.6 is 11.3 Å². The van der Waals surface area contributed by atoms with Crippen LogP contribution in [-0.4, -0.2) is 15.8 Å². The summed E-state index contributed by atoms with van der Waals surface area (Å²) >= 11 is 1.56. The number of aromatic nitrogens is 2. The van der Waals surface area contributed by atoms with Crippen LogP contribution in [-0.2, 0) is 0 Å². The van der Waals surface area contributed by atoms with Crippen molar-refractivity contribution < 1.29 is 4.79 Å². The van der Waals surface area contributed by atoms with E-state index < -0.39 is 0 Å². The van der Waals surface area contributed by atoms with Crippen molar-refractivity contribution in [3.63, 3.8) is 0 Å². The first-order valence-electron chi connectivity index (χ1n) is 7.35. The number of ketones is 1. The maximum atomic E-state index is 11.9. The number of Topliss-reactive ketones (excluding diaryl/α,β-unsaturated/α-hetero) is 1. The number of rotatable bonds is 4. The maximum absolute atomic E-state index is 11.9. The van der Waals surface area contributed by atoms with E-state index in [0.29, 0.717) is 6.42 Å². The topological polar surface area (TPSA) is 45.8 Å². The molecule has 0 saturated carbocycles. The zero-order chi connectivity index (χ0) is 15.2. The van der Waals surface area contributed by atoms with E-state index in [1.54, 1.807) is 17.5 Å². The van der Waals surface area contributed by atoms with Crippen molar-refractivity contribution in [3.05, 3.63) is 41.5 Å². The first-order valence-corrected chi connectivity index (χ1v) is 8.16. The Kier molecular flexibility index (Phi) is 5.28. The molecule has 3 aromatic rings. The number of aromatic amines is 1. The van der Waals surface area contributed by atoms with Gasteiger partial charge in [0.25, 0.3) is 0 Å². The Bertz CT molecular complexity index is 727. The number of carbonyl (C=O) groups excluding carboxylic acids is 1. The van der Waals surface area contributed by atoms with E-state index >= 15 is 0 Å². The van der Waals surface area contributed by atoms with E-state index in [0.717, 1.165) is 32.8 Å². The van der Waals surface area contributed by atoms with Gasteiger partial charge in [0.15, 0.2) is 5.78 Å². The standard InChI is InChI=1S/C15H14N2OS.C2H6/c1-2-4-12(18)14-7-6-13(19-14)11-9-17-15-10(11)5-3-8-16-15;1-2/h3,5-9H,2,4H2,1H3,(H,16,17);1-2H3. The summed E-state index contributed by atoms with van der Waals surface area (Å²) in [6.45, 7) is 6.03. The van der Waals surface area contributed by atoms with Gasteiger partial charge in [0.05, 0.1) is 4.88 Å². The van der Waals surface area contributed by atoms with E-state index in [1.165, 1.54) is 0 Å². The molecule has 0 aromatic carbocycles. The lowest BCUT2D eigenvalue weighted by atomic mass is 10.2. The summed E-state index contributed by atoms with van der Waals surface area (Å²) in [4.78, 5) is 21.3. The molecule has 21 heavy (non-hydrogen) atoms. The number of H-pyrrole nitrogens is 1. The van der Waals surface area contributed by atoms with Crippen molar-refractivity contribution >= 4 is 28.2 Å². The molecule has 0 bridgehead atoms. The van der Waals surface area contributed by atoms with Gasteiger partial charge in [-0.25, -0.2) is 4.98 Å². The molecule has 0 atom stereocenters. The van der Waals surface area contributed by atoms with E-state index in [1.807, 2.05) is 51.2 Å². The number of nitrogens with zero attached hydrogens (tertiary/aromatic N) is 1. The largest absolute Gasteiger partial charge is 0.345 e. The van der Waals surface area contributed by atoms with E-state index in [9.17, 15) is 4.79 Å². The van der Waals surface area contributed by atoms with Gasteiger partial charge in [-0.2, -0.15) is 0 Å². The van der Waals surface area contributed by atoms with Crippen molar-refractivity contribution in [2.75, 3.05) is 0 Å². The Morgan fingerprint density at radius 2 is 2.10 bits per heavy atom. The number of pyridine rings is 1. The molecule has 0 aliphatic rings. The number of fused-ring (bicyclic) bond motifs is 1. The van der Waals surface area contributed by atoms with Crippen LogP contribution in [0.5, 0.6) is 0 Å². The highest BCUT2D eigenvalue weighted by molar-refractivity contribution is 7.17. The molecule has 0 amide bonds. The van der Waals surface area contributed by atoms with Gasteiger partial charge >= 0.3 is 0 Å². The molecule has 0 aliphatic heterocycles. The summed E-state index contributed by atoms with van der Waals surface area (Å²) in [7, 11) is 0. The van der Waals surface area contributed by atoms with Crippen molar-refractivity contribution in [3.8, 4) is 10.4 Å². The van der Waals surface area contributed by atoms with Gasteiger partial charge in [-0.3, -0.25) is 4.79 Å². The highest BCUT2D eigenvalue weighted by Crippen LogP contribution is 2.33. The second kappa shape index (κ2) is 7.18. The Morgan fingerprint density at radius 3 is 2.86 bits per heavy atom. The fraction of sp³-hybridized carbons (Fsp3) is 0.294. The normalized spacial score (nSPS) is 10.2. The SMILES string of the molecule is CC.CCCC(=O)c1ccc(-c2c[nH]c3ncccc23)s1. The molecule has 3 aromatic heterocycles. The third kappa shape index (κ3) is 3.22. The van der Waals surface area contributed by atoms with Gasteiger partial charge in [0.2, 0.25) is 0 Å². The van der Waals surface area contributed by atoms with E-state index in [-0.39, 0.29) is 5.78 Å². The van der Waals surface area contributed by atoms with Gasteiger partial charge in [0.1, 0.15) is 5.65 Å². The van der Waals surface area contributed by atoms with Crippen molar-refractivity contribution in [2.24, 2.45) is 0 Å². The highest BCUT2D eigenvalue weighted by Gasteiger charge is 2.12. The molecule has 0 aliphatic carbocycles. The summed E-state index contributed by atoms with van der Waals surface area (Å²) in [6.07, 6.45) is 5.24. The van der Waals surface area contributed by atoms with Gasteiger partial charge in [-0.1, -0.05) is 20.8 Å². The summed E-state index contributed by atoms with van der Waals surface area (Å²) in [6, 6.07) is 7.91. The number of hydrogen-bond acceptors (Lipinski definition) is 3. The maximum Gasteiger partial charge on any atom is 0.172 e. The van der Waals surface area contributed by atoms with Gasteiger partial charge in [-0.05, 0) is 30.7 Å². The Balaban J connectivity index is 0.000000774. The predicted molar refractivity (Wildman–Crippen MR) is 90.0 cm³/mol. The first kappa shape index (κ1) is 15.4. The molecule has 3 nitrogen and oxygen atoms in total. The van der Waals surface area contributed by atoms with Crippen LogP contribution in [0.3, 0.4) is 0 Å². The fourth-order valence-corrected chi connectivity index (χ4v) is 3.15. The monoisotopic (exact) mass is 300 g/mol. The molecular weight excluding hydrogens is 280 g/mol. The predicted octanol–water partition coefficient (Wildman–Crippen LogP) is 5.30. The van der Waals surface area contributed by atoms with Crippen molar-refractivity contribution in [1.82, 2.24) is 9.97 Å². The smallest absolute Gasteiger partial charge is 0.172 e. The summed E-state index contributed by atoms with van der Waals surface area (Å²) in [5.41, 5.74) is 2.00. The number of nitrogens with one attached hydrogen (secondary N) is 1. The summed E-state index contributed by atoms with van der Waals surface area (Å²) in [5, 5.41) is 1.10. The number of thiophene rings is 1. The van der Waals surface area contributed by atoms with Gasteiger partial charge in [-0.15, -0.1) is 11.3 Å². The average molecular weight is 300 g/mol.